The van der Waals surface area contributed by atoms with Crippen molar-refractivity contribution in [2.24, 2.45) is 5.92 Å². The molecule has 0 aromatic carbocycles. The second kappa shape index (κ2) is 6.03. The van der Waals surface area contributed by atoms with Gasteiger partial charge in [-0.25, -0.2) is 4.98 Å². The third kappa shape index (κ3) is 3.34. The lowest BCUT2D eigenvalue weighted by Crippen LogP contribution is -2.15. The molecular weight excluding hydrogens is 226 g/mol. The maximum absolute atomic E-state index is 5.75. The van der Waals surface area contributed by atoms with Crippen molar-refractivity contribution in [2.45, 2.75) is 45.4 Å². The zero-order valence-corrected chi connectivity index (χ0v) is 11.6. The van der Waals surface area contributed by atoms with Crippen LogP contribution in [0.3, 0.4) is 0 Å². The molecule has 18 heavy (non-hydrogen) atoms. The van der Waals surface area contributed by atoms with Gasteiger partial charge in [0.05, 0.1) is 6.61 Å². The van der Waals surface area contributed by atoms with E-state index < -0.39 is 0 Å². The lowest BCUT2D eigenvalue weighted by Gasteiger charge is -2.24. The highest BCUT2D eigenvalue weighted by molar-refractivity contribution is 5.38. The maximum Gasteiger partial charge on any atom is 0.218 e. The van der Waals surface area contributed by atoms with Crippen molar-refractivity contribution in [2.75, 3.05) is 19.0 Å². The Morgan fingerprint density at radius 3 is 2.72 bits per heavy atom. The molecule has 0 atom stereocenters. The summed E-state index contributed by atoms with van der Waals surface area (Å²) in [4.78, 5) is 8.87. The molecule has 1 aromatic rings. The van der Waals surface area contributed by atoms with Crippen molar-refractivity contribution in [3.05, 3.63) is 11.9 Å². The summed E-state index contributed by atoms with van der Waals surface area (Å²) in [7, 11) is 1.87. The number of hydrogen-bond donors (Lipinski definition) is 1. The minimum absolute atomic E-state index is 0.312. The second-order valence-electron chi connectivity index (χ2n) is 5.29. The van der Waals surface area contributed by atoms with E-state index in [9.17, 15) is 0 Å². The molecule has 0 bridgehead atoms. The minimum Gasteiger partial charge on any atom is -0.478 e. The Hall–Kier alpha value is -1.32. The Labute approximate surface area is 109 Å². The summed E-state index contributed by atoms with van der Waals surface area (Å²) in [5.74, 6) is 3.54. The highest BCUT2D eigenvalue weighted by atomic mass is 16.5. The van der Waals surface area contributed by atoms with E-state index in [1.54, 1.807) is 0 Å². The number of nitrogens with zero attached hydrogens (tertiary/aromatic N) is 2. The Balaban J connectivity index is 1.94. The van der Waals surface area contributed by atoms with Gasteiger partial charge < -0.3 is 10.1 Å². The lowest BCUT2D eigenvalue weighted by atomic mass is 9.83. The summed E-state index contributed by atoms with van der Waals surface area (Å²) in [5, 5.41) is 3.05. The molecule has 1 aliphatic rings. The van der Waals surface area contributed by atoms with Crippen molar-refractivity contribution in [3.63, 3.8) is 0 Å². The fourth-order valence-electron chi connectivity index (χ4n) is 2.01. The van der Waals surface area contributed by atoms with Crippen LogP contribution in [-0.2, 0) is 0 Å². The lowest BCUT2D eigenvalue weighted by molar-refractivity contribution is 0.217. The topological polar surface area (TPSA) is 47.0 Å². The summed E-state index contributed by atoms with van der Waals surface area (Å²) in [6.07, 6.45) is 5.27. The Morgan fingerprint density at radius 2 is 2.17 bits per heavy atom. The summed E-state index contributed by atoms with van der Waals surface area (Å²) >= 11 is 0. The average Bonchev–Trinajstić information content (AvgIpc) is 2.31. The van der Waals surface area contributed by atoms with Gasteiger partial charge in [-0.1, -0.05) is 33.1 Å². The predicted octanol–water partition coefficient (Wildman–Crippen LogP) is 3.21. The highest BCUT2D eigenvalue weighted by Gasteiger charge is 2.17. The molecule has 1 fully saturated rings. The SMILES string of the molecule is CNc1cc(OCCC2CCC2)nc(C(C)C)n1. The van der Waals surface area contributed by atoms with Crippen LogP contribution in [0.1, 0.15) is 51.3 Å². The average molecular weight is 249 g/mol. The number of nitrogens with one attached hydrogen (secondary N) is 1. The monoisotopic (exact) mass is 249 g/mol. The number of anilines is 1. The molecule has 1 aromatic heterocycles. The standard InChI is InChI=1S/C14H23N3O/c1-10(2)14-16-12(15-3)9-13(17-14)18-8-7-11-5-4-6-11/h9-11H,4-8H2,1-3H3,(H,15,16,17). The minimum atomic E-state index is 0.312. The summed E-state index contributed by atoms with van der Waals surface area (Å²) < 4.78 is 5.75. The smallest absolute Gasteiger partial charge is 0.218 e. The molecule has 4 nitrogen and oxygen atoms in total. The summed E-state index contributed by atoms with van der Waals surface area (Å²) in [6.45, 7) is 4.95. The number of aromatic nitrogens is 2. The van der Waals surface area contributed by atoms with Crippen LogP contribution in [0.5, 0.6) is 5.88 Å². The largest absolute Gasteiger partial charge is 0.478 e. The highest BCUT2D eigenvalue weighted by Crippen LogP contribution is 2.29. The van der Waals surface area contributed by atoms with E-state index in [2.05, 4.69) is 29.1 Å². The molecule has 1 aliphatic carbocycles. The van der Waals surface area contributed by atoms with Crippen molar-refractivity contribution in [3.8, 4) is 5.88 Å². The maximum atomic E-state index is 5.75. The third-order valence-corrected chi connectivity index (χ3v) is 3.49. The normalized spacial score (nSPS) is 15.6. The van der Waals surface area contributed by atoms with Gasteiger partial charge in [0.2, 0.25) is 5.88 Å². The van der Waals surface area contributed by atoms with Crippen LogP contribution in [0.15, 0.2) is 6.07 Å². The molecule has 0 unspecified atom stereocenters. The summed E-state index contributed by atoms with van der Waals surface area (Å²) in [6, 6.07) is 1.87. The van der Waals surface area contributed by atoms with Gasteiger partial charge in [-0.2, -0.15) is 4.98 Å². The fraction of sp³-hybridized carbons (Fsp3) is 0.714. The molecule has 1 heterocycles. The number of rotatable bonds is 6. The Morgan fingerprint density at radius 1 is 1.39 bits per heavy atom. The fourth-order valence-corrected chi connectivity index (χ4v) is 2.01. The van der Waals surface area contributed by atoms with E-state index in [1.807, 2.05) is 13.1 Å². The predicted molar refractivity (Wildman–Crippen MR) is 73.1 cm³/mol. The van der Waals surface area contributed by atoms with E-state index in [1.165, 1.54) is 19.3 Å². The number of ether oxygens (including phenoxy) is 1. The zero-order chi connectivity index (χ0) is 13.0. The van der Waals surface area contributed by atoms with Crippen molar-refractivity contribution < 1.29 is 4.74 Å². The van der Waals surface area contributed by atoms with Crippen LogP contribution < -0.4 is 10.1 Å². The van der Waals surface area contributed by atoms with Gasteiger partial charge >= 0.3 is 0 Å². The Kier molecular flexibility index (Phi) is 4.39. The third-order valence-electron chi connectivity index (χ3n) is 3.49. The van der Waals surface area contributed by atoms with Crippen LogP contribution in [0, 0.1) is 5.92 Å². The van der Waals surface area contributed by atoms with Crippen molar-refractivity contribution in [1.82, 2.24) is 9.97 Å². The van der Waals surface area contributed by atoms with Gasteiger partial charge in [0, 0.05) is 19.0 Å². The molecular formula is C14H23N3O. The zero-order valence-electron chi connectivity index (χ0n) is 11.6. The molecule has 1 saturated carbocycles. The Bertz CT molecular complexity index is 389. The molecule has 1 N–H and O–H groups in total. The molecule has 4 heteroatoms. The van der Waals surface area contributed by atoms with Gasteiger partial charge in [0.15, 0.2) is 0 Å². The van der Waals surface area contributed by atoms with Gasteiger partial charge in [0.1, 0.15) is 11.6 Å². The van der Waals surface area contributed by atoms with Crippen LogP contribution in [0.4, 0.5) is 5.82 Å². The van der Waals surface area contributed by atoms with Crippen LogP contribution >= 0.6 is 0 Å². The second-order valence-corrected chi connectivity index (χ2v) is 5.29. The molecule has 0 spiro atoms. The molecule has 0 amide bonds. The summed E-state index contributed by atoms with van der Waals surface area (Å²) in [5.41, 5.74) is 0. The van der Waals surface area contributed by atoms with Crippen LogP contribution in [0.25, 0.3) is 0 Å². The van der Waals surface area contributed by atoms with E-state index in [0.717, 1.165) is 30.6 Å². The molecule has 100 valence electrons. The van der Waals surface area contributed by atoms with Crippen LogP contribution in [-0.4, -0.2) is 23.6 Å². The van der Waals surface area contributed by atoms with Crippen molar-refractivity contribution >= 4 is 5.82 Å². The van der Waals surface area contributed by atoms with Gasteiger partial charge in [-0.15, -0.1) is 0 Å². The first-order chi connectivity index (χ1) is 8.69. The first-order valence-corrected chi connectivity index (χ1v) is 6.88. The van der Waals surface area contributed by atoms with E-state index in [-0.39, 0.29) is 0 Å². The quantitative estimate of drug-likeness (QED) is 0.841. The van der Waals surface area contributed by atoms with Crippen molar-refractivity contribution in [1.29, 1.82) is 0 Å². The number of hydrogen-bond acceptors (Lipinski definition) is 4. The first-order valence-electron chi connectivity index (χ1n) is 6.88. The molecule has 0 aliphatic heterocycles. The molecule has 0 radical (unpaired) electrons. The molecule has 0 saturated heterocycles. The van der Waals surface area contributed by atoms with E-state index >= 15 is 0 Å². The van der Waals surface area contributed by atoms with E-state index in [0.29, 0.717) is 11.8 Å². The first kappa shape index (κ1) is 13.1. The molecule has 2 rings (SSSR count). The van der Waals surface area contributed by atoms with Gasteiger partial charge in [0.25, 0.3) is 0 Å². The van der Waals surface area contributed by atoms with E-state index in [4.69, 9.17) is 4.74 Å². The van der Waals surface area contributed by atoms with Gasteiger partial charge in [-0.05, 0) is 12.3 Å². The van der Waals surface area contributed by atoms with Crippen LogP contribution in [0.2, 0.25) is 0 Å². The van der Waals surface area contributed by atoms with Gasteiger partial charge in [-0.3, -0.25) is 0 Å².